The number of amides is 1. The minimum absolute atomic E-state index is 0.187. The van der Waals surface area contributed by atoms with E-state index in [1.165, 1.54) is 51.4 Å². The lowest BCUT2D eigenvalue weighted by atomic mass is 10.0. The second-order valence-corrected chi connectivity index (χ2v) is 8.57. The highest BCUT2D eigenvalue weighted by Gasteiger charge is 2.18. The lowest BCUT2D eigenvalue weighted by Gasteiger charge is -2.19. The van der Waals surface area contributed by atoms with Crippen LogP contribution in [0.15, 0.2) is 30.3 Å². The zero-order chi connectivity index (χ0) is 22.7. The molecule has 2 N–H and O–H groups in total. The van der Waals surface area contributed by atoms with Crippen molar-refractivity contribution in [1.82, 2.24) is 5.32 Å². The first kappa shape index (κ1) is 27.2. The Morgan fingerprint density at radius 2 is 1.48 bits per heavy atom. The number of ketones is 1. The lowest BCUT2D eigenvalue weighted by Crippen LogP contribution is -2.41. The fourth-order valence-corrected chi connectivity index (χ4v) is 3.54. The van der Waals surface area contributed by atoms with Crippen LogP contribution in [0.1, 0.15) is 103 Å². The van der Waals surface area contributed by atoms with Gasteiger partial charge in [-0.05, 0) is 25.3 Å². The SMILES string of the molecule is CCCCCCCCCCCCC(=O)CC[C@@H](O)[C@@H](C)NC(=O)OCc1ccccc1. The lowest BCUT2D eigenvalue weighted by molar-refractivity contribution is -0.119. The van der Waals surface area contributed by atoms with E-state index in [2.05, 4.69) is 12.2 Å². The molecular weight excluding hydrogens is 390 g/mol. The van der Waals surface area contributed by atoms with Crippen LogP contribution in [-0.4, -0.2) is 29.1 Å². The predicted molar refractivity (Wildman–Crippen MR) is 126 cm³/mol. The predicted octanol–water partition coefficient (Wildman–Crippen LogP) is 6.32. The number of nitrogens with one attached hydrogen (secondary N) is 1. The summed E-state index contributed by atoms with van der Waals surface area (Å²) in [7, 11) is 0. The van der Waals surface area contributed by atoms with E-state index in [9.17, 15) is 14.7 Å². The summed E-state index contributed by atoms with van der Waals surface area (Å²) in [6.07, 6.45) is 12.5. The van der Waals surface area contributed by atoms with Gasteiger partial charge >= 0.3 is 6.09 Å². The number of ether oxygens (including phenoxy) is 1. The van der Waals surface area contributed by atoms with Crippen LogP contribution in [0, 0.1) is 0 Å². The minimum atomic E-state index is -0.763. The first-order valence-corrected chi connectivity index (χ1v) is 12.2. The van der Waals surface area contributed by atoms with Crippen molar-refractivity contribution in [2.75, 3.05) is 0 Å². The smallest absolute Gasteiger partial charge is 0.407 e. The summed E-state index contributed by atoms with van der Waals surface area (Å²) in [6.45, 7) is 4.15. The molecule has 1 aromatic rings. The number of Topliss-reactive ketones (excluding diaryl/α,β-unsaturated/α-hetero) is 1. The molecule has 5 heteroatoms. The summed E-state index contributed by atoms with van der Waals surface area (Å²) in [5.74, 6) is 0.192. The van der Waals surface area contributed by atoms with Gasteiger partial charge in [0, 0.05) is 12.8 Å². The summed E-state index contributed by atoms with van der Waals surface area (Å²) < 4.78 is 5.16. The third-order valence-electron chi connectivity index (χ3n) is 5.66. The Balaban J connectivity index is 2.02. The quantitative estimate of drug-likeness (QED) is 0.266. The van der Waals surface area contributed by atoms with Gasteiger partial charge in [0.25, 0.3) is 0 Å². The molecule has 0 unspecified atom stereocenters. The zero-order valence-electron chi connectivity index (χ0n) is 19.6. The van der Waals surface area contributed by atoms with Crippen molar-refractivity contribution in [3.05, 3.63) is 35.9 Å². The van der Waals surface area contributed by atoms with Crippen LogP contribution >= 0.6 is 0 Å². The molecule has 2 atom stereocenters. The van der Waals surface area contributed by atoms with Crippen molar-refractivity contribution >= 4 is 11.9 Å². The van der Waals surface area contributed by atoms with Crippen LogP contribution < -0.4 is 5.32 Å². The summed E-state index contributed by atoms with van der Waals surface area (Å²) >= 11 is 0. The van der Waals surface area contributed by atoms with Gasteiger partial charge in [-0.25, -0.2) is 4.79 Å². The molecular formula is C26H43NO4. The number of unbranched alkanes of at least 4 members (excludes halogenated alkanes) is 9. The largest absolute Gasteiger partial charge is 0.445 e. The third kappa shape index (κ3) is 14.7. The molecule has 0 aliphatic carbocycles. The van der Waals surface area contributed by atoms with Gasteiger partial charge in [-0.3, -0.25) is 4.79 Å². The Hall–Kier alpha value is -1.88. The number of aliphatic hydroxyl groups excluding tert-OH is 1. The molecule has 176 valence electrons. The second-order valence-electron chi connectivity index (χ2n) is 8.57. The molecule has 0 saturated heterocycles. The van der Waals surface area contributed by atoms with Crippen LogP contribution in [0.2, 0.25) is 0 Å². The topological polar surface area (TPSA) is 75.6 Å². The van der Waals surface area contributed by atoms with E-state index in [1.54, 1.807) is 6.92 Å². The van der Waals surface area contributed by atoms with E-state index in [1.807, 2.05) is 30.3 Å². The van der Waals surface area contributed by atoms with E-state index in [0.29, 0.717) is 19.3 Å². The maximum absolute atomic E-state index is 12.1. The van der Waals surface area contributed by atoms with Gasteiger partial charge in [0.15, 0.2) is 0 Å². The highest BCUT2D eigenvalue weighted by atomic mass is 16.5. The Morgan fingerprint density at radius 1 is 0.903 bits per heavy atom. The number of carbonyl (C=O) groups excluding carboxylic acids is 2. The van der Waals surface area contributed by atoms with Crippen LogP contribution in [-0.2, 0) is 16.1 Å². The number of aliphatic hydroxyl groups is 1. The molecule has 1 aromatic carbocycles. The molecule has 0 spiro atoms. The number of hydrogen-bond donors (Lipinski definition) is 2. The van der Waals surface area contributed by atoms with Gasteiger partial charge in [0.1, 0.15) is 12.4 Å². The molecule has 0 heterocycles. The molecule has 0 fully saturated rings. The Morgan fingerprint density at radius 3 is 2.10 bits per heavy atom. The molecule has 0 saturated carbocycles. The molecule has 0 aliphatic heterocycles. The molecule has 31 heavy (non-hydrogen) atoms. The molecule has 1 rings (SSSR count). The molecule has 0 bridgehead atoms. The van der Waals surface area contributed by atoms with Crippen LogP contribution in [0.25, 0.3) is 0 Å². The fraction of sp³-hybridized carbons (Fsp3) is 0.692. The number of hydrogen-bond acceptors (Lipinski definition) is 4. The summed E-state index contributed by atoms with van der Waals surface area (Å²) in [6, 6.07) is 8.97. The normalized spacial score (nSPS) is 12.9. The van der Waals surface area contributed by atoms with Gasteiger partial charge in [-0.15, -0.1) is 0 Å². The van der Waals surface area contributed by atoms with E-state index in [-0.39, 0.29) is 12.4 Å². The van der Waals surface area contributed by atoms with Crippen molar-refractivity contribution < 1.29 is 19.4 Å². The van der Waals surface area contributed by atoms with E-state index < -0.39 is 18.2 Å². The van der Waals surface area contributed by atoms with Crippen LogP contribution in [0.5, 0.6) is 0 Å². The molecule has 1 amide bonds. The highest BCUT2D eigenvalue weighted by Crippen LogP contribution is 2.13. The standard InChI is InChI=1S/C26H43NO4/c1-3-4-5-6-7-8-9-10-11-15-18-24(28)19-20-25(29)22(2)27-26(30)31-21-23-16-13-12-14-17-23/h12-14,16-17,22,25,29H,3-11,15,18-21H2,1-2H3,(H,27,30)/t22-,25-/m1/s1. The zero-order valence-corrected chi connectivity index (χ0v) is 19.6. The number of carbonyl (C=O) groups is 2. The maximum atomic E-state index is 12.1. The first-order chi connectivity index (χ1) is 15.0. The second kappa shape index (κ2) is 17.8. The van der Waals surface area contributed by atoms with Gasteiger partial charge in [-0.2, -0.15) is 0 Å². The molecule has 0 radical (unpaired) electrons. The maximum Gasteiger partial charge on any atom is 0.407 e. The fourth-order valence-electron chi connectivity index (χ4n) is 3.54. The summed E-state index contributed by atoms with van der Waals surface area (Å²) in [4.78, 5) is 23.9. The molecule has 0 aliphatic rings. The summed E-state index contributed by atoms with van der Waals surface area (Å²) in [5, 5.41) is 12.9. The van der Waals surface area contributed by atoms with Gasteiger partial charge in [0.2, 0.25) is 0 Å². The van der Waals surface area contributed by atoms with Crippen molar-refractivity contribution in [2.24, 2.45) is 0 Å². The number of rotatable bonds is 18. The Labute approximate surface area is 189 Å². The summed E-state index contributed by atoms with van der Waals surface area (Å²) in [5.41, 5.74) is 0.906. The van der Waals surface area contributed by atoms with E-state index in [0.717, 1.165) is 18.4 Å². The molecule has 5 nitrogen and oxygen atoms in total. The van der Waals surface area contributed by atoms with Crippen molar-refractivity contribution in [2.45, 2.75) is 116 Å². The minimum Gasteiger partial charge on any atom is -0.445 e. The van der Waals surface area contributed by atoms with Crippen molar-refractivity contribution in [1.29, 1.82) is 0 Å². The van der Waals surface area contributed by atoms with Gasteiger partial charge < -0.3 is 15.2 Å². The highest BCUT2D eigenvalue weighted by molar-refractivity contribution is 5.78. The average Bonchev–Trinajstić information content (AvgIpc) is 2.78. The van der Waals surface area contributed by atoms with Crippen LogP contribution in [0.3, 0.4) is 0 Å². The van der Waals surface area contributed by atoms with E-state index in [4.69, 9.17) is 4.74 Å². The number of alkyl carbamates (subject to hydrolysis) is 1. The number of benzene rings is 1. The van der Waals surface area contributed by atoms with Gasteiger partial charge in [0.05, 0.1) is 12.1 Å². The third-order valence-corrected chi connectivity index (χ3v) is 5.66. The Bertz CT molecular complexity index is 590. The van der Waals surface area contributed by atoms with E-state index >= 15 is 0 Å². The van der Waals surface area contributed by atoms with Crippen molar-refractivity contribution in [3.8, 4) is 0 Å². The monoisotopic (exact) mass is 433 g/mol. The average molecular weight is 434 g/mol. The van der Waals surface area contributed by atoms with Gasteiger partial charge in [-0.1, -0.05) is 95.0 Å². The Kier molecular flexibility index (Phi) is 15.6. The van der Waals surface area contributed by atoms with Crippen molar-refractivity contribution in [3.63, 3.8) is 0 Å². The first-order valence-electron chi connectivity index (χ1n) is 12.2. The van der Waals surface area contributed by atoms with Crippen LogP contribution in [0.4, 0.5) is 4.79 Å². The molecule has 0 aromatic heterocycles.